The number of methoxy groups -OCH3 is 1. The minimum atomic E-state index is -1.09. The Hall–Kier alpha value is -2.08. The van der Waals surface area contributed by atoms with Gasteiger partial charge >= 0.3 is 11.6 Å². The number of hydrogen-bond donors (Lipinski definition) is 1. The molecule has 0 aliphatic carbocycles. The molecule has 6 nitrogen and oxygen atoms in total. The van der Waals surface area contributed by atoms with Gasteiger partial charge in [-0.05, 0) is 18.6 Å². The maximum Gasteiger partial charge on any atom is 0.339 e. The number of cyclic esters (lactones) is 1. The van der Waals surface area contributed by atoms with Crippen LogP contribution in [0.5, 0.6) is 5.75 Å². The van der Waals surface area contributed by atoms with E-state index in [1.165, 1.54) is 13.2 Å². The van der Waals surface area contributed by atoms with E-state index >= 15 is 0 Å². The molecule has 0 aromatic carbocycles. The van der Waals surface area contributed by atoms with Crippen LogP contribution in [0.15, 0.2) is 27.4 Å². The van der Waals surface area contributed by atoms with Crippen molar-refractivity contribution in [1.29, 1.82) is 0 Å². The molecular weight excluding hydrogens is 252 g/mol. The zero-order valence-electron chi connectivity index (χ0n) is 10.6. The van der Waals surface area contributed by atoms with Crippen LogP contribution in [0.25, 0.3) is 5.57 Å². The number of ether oxygens (including phenoxy) is 2. The third kappa shape index (κ3) is 3.03. The molecule has 1 aromatic heterocycles. The van der Waals surface area contributed by atoms with E-state index in [0.717, 1.165) is 0 Å². The van der Waals surface area contributed by atoms with E-state index < -0.39 is 23.8 Å². The second-order valence-electron chi connectivity index (χ2n) is 4.26. The molecule has 1 N–H and O–H groups in total. The standard InChI is InChI=1S/C13H14O6/c1-7(3-9-4-10(14)13(16)18-9)11-5-8(17-2)6-12(15)19-11/h3,5-6,9-10,14H,4H2,1-2H3/b7-3+/t9-,10+/m0/s1. The minimum Gasteiger partial charge on any atom is -0.496 e. The number of allylic oxidation sites excluding steroid dienone is 1. The van der Waals surface area contributed by atoms with Crippen molar-refractivity contribution in [2.24, 2.45) is 0 Å². The number of aliphatic hydroxyl groups excluding tert-OH is 1. The fourth-order valence-electron chi connectivity index (χ4n) is 1.82. The molecule has 2 heterocycles. The molecule has 0 amide bonds. The zero-order chi connectivity index (χ0) is 14.0. The van der Waals surface area contributed by atoms with Crippen LogP contribution in [0.2, 0.25) is 0 Å². The smallest absolute Gasteiger partial charge is 0.339 e. The van der Waals surface area contributed by atoms with E-state index in [1.807, 2.05) is 0 Å². The first kappa shape index (κ1) is 13.4. The Morgan fingerprint density at radius 3 is 2.79 bits per heavy atom. The van der Waals surface area contributed by atoms with Crippen LogP contribution in [0, 0.1) is 0 Å². The summed E-state index contributed by atoms with van der Waals surface area (Å²) in [5.74, 6) is 0.0883. The van der Waals surface area contributed by atoms with Gasteiger partial charge < -0.3 is 19.0 Å². The lowest BCUT2D eigenvalue weighted by molar-refractivity contribution is -0.146. The molecule has 1 saturated heterocycles. The average molecular weight is 266 g/mol. The minimum absolute atomic E-state index is 0.199. The zero-order valence-corrected chi connectivity index (χ0v) is 10.6. The van der Waals surface area contributed by atoms with Crippen LogP contribution in [0.3, 0.4) is 0 Å². The lowest BCUT2D eigenvalue weighted by Gasteiger charge is -2.06. The molecule has 1 aliphatic heterocycles. The van der Waals surface area contributed by atoms with Crippen molar-refractivity contribution in [3.8, 4) is 5.75 Å². The van der Waals surface area contributed by atoms with Crippen LogP contribution in [-0.2, 0) is 9.53 Å². The SMILES string of the molecule is COc1cc(/C(C)=C/[C@H]2C[C@@H](O)C(=O)O2)oc(=O)c1. The van der Waals surface area contributed by atoms with E-state index in [0.29, 0.717) is 17.1 Å². The van der Waals surface area contributed by atoms with E-state index in [1.54, 1.807) is 19.1 Å². The van der Waals surface area contributed by atoms with Crippen LogP contribution in [0.1, 0.15) is 19.1 Å². The van der Waals surface area contributed by atoms with Gasteiger partial charge in [0.25, 0.3) is 0 Å². The highest BCUT2D eigenvalue weighted by Crippen LogP contribution is 2.22. The van der Waals surface area contributed by atoms with Crippen molar-refractivity contribution in [2.45, 2.75) is 25.6 Å². The van der Waals surface area contributed by atoms with Gasteiger partial charge in [-0.3, -0.25) is 0 Å². The molecule has 2 atom stereocenters. The fourth-order valence-corrected chi connectivity index (χ4v) is 1.82. The highest BCUT2D eigenvalue weighted by Gasteiger charge is 2.31. The van der Waals surface area contributed by atoms with E-state index in [4.69, 9.17) is 13.9 Å². The van der Waals surface area contributed by atoms with Crippen LogP contribution < -0.4 is 10.4 Å². The summed E-state index contributed by atoms with van der Waals surface area (Å²) < 4.78 is 15.0. The van der Waals surface area contributed by atoms with Gasteiger partial charge in [-0.2, -0.15) is 0 Å². The molecule has 0 radical (unpaired) electrons. The first-order valence-corrected chi connectivity index (χ1v) is 5.76. The van der Waals surface area contributed by atoms with Crippen LogP contribution in [0.4, 0.5) is 0 Å². The second kappa shape index (κ2) is 5.27. The predicted octanol–water partition coefficient (Wildman–Crippen LogP) is 0.728. The Kier molecular flexibility index (Phi) is 3.71. The molecule has 6 heteroatoms. The summed E-state index contributed by atoms with van der Waals surface area (Å²) in [5.41, 5.74) is 0.105. The molecule has 1 aromatic rings. The van der Waals surface area contributed by atoms with E-state index in [2.05, 4.69) is 0 Å². The molecule has 0 spiro atoms. The molecule has 1 fully saturated rings. The molecule has 19 heavy (non-hydrogen) atoms. The third-order valence-corrected chi connectivity index (χ3v) is 2.80. The van der Waals surface area contributed by atoms with Crippen molar-refractivity contribution < 1.29 is 23.8 Å². The maximum absolute atomic E-state index is 11.3. The molecule has 0 bridgehead atoms. The van der Waals surface area contributed by atoms with Crippen LogP contribution >= 0.6 is 0 Å². The maximum atomic E-state index is 11.3. The first-order valence-electron chi connectivity index (χ1n) is 5.76. The third-order valence-electron chi connectivity index (χ3n) is 2.80. The Morgan fingerprint density at radius 2 is 2.21 bits per heavy atom. The lowest BCUT2D eigenvalue weighted by Crippen LogP contribution is -2.11. The summed E-state index contributed by atoms with van der Waals surface area (Å²) in [6.07, 6.45) is 0.223. The van der Waals surface area contributed by atoms with Crippen molar-refractivity contribution in [3.63, 3.8) is 0 Å². The van der Waals surface area contributed by atoms with Gasteiger partial charge in [0.1, 0.15) is 17.6 Å². The molecule has 0 saturated carbocycles. The Bertz CT molecular complexity index is 571. The molecule has 1 aliphatic rings. The fraction of sp³-hybridized carbons (Fsp3) is 0.385. The predicted molar refractivity (Wildman–Crippen MR) is 65.7 cm³/mol. The van der Waals surface area contributed by atoms with Gasteiger partial charge in [0.15, 0.2) is 6.10 Å². The number of esters is 1. The second-order valence-corrected chi connectivity index (χ2v) is 4.26. The Morgan fingerprint density at radius 1 is 1.47 bits per heavy atom. The molecule has 102 valence electrons. The summed E-state index contributed by atoms with van der Waals surface area (Å²) in [5, 5.41) is 9.28. The Labute approximate surface area is 109 Å². The van der Waals surface area contributed by atoms with Crippen molar-refractivity contribution >= 4 is 11.5 Å². The van der Waals surface area contributed by atoms with Gasteiger partial charge in [-0.25, -0.2) is 9.59 Å². The molecular formula is C13H14O6. The van der Waals surface area contributed by atoms with E-state index in [9.17, 15) is 14.7 Å². The van der Waals surface area contributed by atoms with E-state index in [-0.39, 0.29) is 6.42 Å². The lowest BCUT2D eigenvalue weighted by atomic mass is 10.1. The Balaban J connectivity index is 2.24. The van der Waals surface area contributed by atoms with Gasteiger partial charge in [-0.1, -0.05) is 0 Å². The summed E-state index contributed by atoms with van der Waals surface area (Å²) in [6, 6.07) is 2.80. The molecule has 0 unspecified atom stereocenters. The first-order chi connectivity index (χ1) is 8.99. The topological polar surface area (TPSA) is 86.0 Å². The van der Waals surface area contributed by atoms with Crippen molar-refractivity contribution in [2.75, 3.05) is 7.11 Å². The van der Waals surface area contributed by atoms with Crippen LogP contribution in [-0.4, -0.2) is 30.4 Å². The van der Waals surface area contributed by atoms with Gasteiger partial charge in [0.2, 0.25) is 0 Å². The summed E-state index contributed by atoms with van der Waals surface area (Å²) in [7, 11) is 1.45. The number of carbonyl (C=O) groups is 1. The number of hydrogen-bond acceptors (Lipinski definition) is 6. The summed E-state index contributed by atoms with van der Waals surface area (Å²) in [6.45, 7) is 1.72. The van der Waals surface area contributed by atoms with Gasteiger partial charge in [0, 0.05) is 12.5 Å². The van der Waals surface area contributed by atoms with Gasteiger partial charge in [-0.15, -0.1) is 0 Å². The summed E-state index contributed by atoms with van der Waals surface area (Å²) in [4.78, 5) is 22.4. The van der Waals surface area contributed by atoms with Crippen molar-refractivity contribution in [1.82, 2.24) is 0 Å². The summed E-state index contributed by atoms with van der Waals surface area (Å²) >= 11 is 0. The number of aliphatic hydroxyl groups is 1. The quantitative estimate of drug-likeness (QED) is 0.812. The highest BCUT2D eigenvalue weighted by atomic mass is 16.6. The number of carbonyl (C=O) groups excluding carboxylic acids is 1. The average Bonchev–Trinajstić information content (AvgIpc) is 2.67. The van der Waals surface area contributed by atoms with Crippen molar-refractivity contribution in [3.05, 3.63) is 34.4 Å². The largest absolute Gasteiger partial charge is 0.496 e. The van der Waals surface area contributed by atoms with Gasteiger partial charge in [0.05, 0.1) is 13.2 Å². The highest BCUT2D eigenvalue weighted by molar-refractivity contribution is 5.77. The number of rotatable bonds is 3. The normalized spacial score (nSPS) is 23.3. The molecule has 2 rings (SSSR count). The monoisotopic (exact) mass is 266 g/mol.